The van der Waals surface area contributed by atoms with E-state index in [2.05, 4.69) is 33.0 Å². The van der Waals surface area contributed by atoms with Crippen LogP contribution in [0.2, 0.25) is 0 Å². The molecular weight excluding hydrogens is 737 g/mol. The van der Waals surface area contributed by atoms with Gasteiger partial charge in [-0.3, -0.25) is 0 Å². The average Bonchev–Trinajstić information content (AvgIpc) is 3.94. The molecule has 0 aliphatic carbocycles. The molecule has 1 aliphatic heterocycles. The quantitative estimate of drug-likeness (QED) is 0.0828. The number of hydrogen-bond acceptors (Lipinski definition) is 7. The van der Waals surface area contributed by atoms with Gasteiger partial charge in [0.1, 0.15) is 22.5 Å². The van der Waals surface area contributed by atoms with Crippen molar-refractivity contribution in [3.8, 4) is 32.4 Å². The molecule has 3 heterocycles. The fourth-order valence-electron chi connectivity index (χ4n) is 6.78. The van der Waals surface area contributed by atoms with E-state index in [4.69, 9.17) is 9.47 Å². The summed E-state index contributed by atoms with van der Waals surface area (Å²) in [5.74, 6) is -1.28. The zero-order valence-electron chi connectivity index (χ0n) is 30.5. The van der Waals surface area contributed by atoms with Gasteiger partial charge in [0, 0.05) is 31.0 Å². The van der Waals surface area contributed by atoms with Crippen LogP contribution < -0.4 is 9.47 Å². The van der Waals surface area contributed by atoms with E-state index in [1.165, 1.54) is 11.7 Å². The highest BCUT2D eigenvalue weighted by Gasteiger charge is 2.41. The first-order valence-corrected chi connectivity index (χ1v) is 21.1. The zero-order chi connectivity index (χ0) is 37.6. The van der Waals surface area contributed by atoms with Gasteiger partial charge in [0.25, 0.3) is 0 Å². The van der Waals surface area contributed by atoms with Crippen LogP contribution in [0.1, 0.15) is 102 Å². The van der Waals surface area contributed by atoms with Crippen molar-refractivity contribution in [3.05, 3.63) is 90.0 Å². The minimum Gasteiger partial charge on any atom is -0.432 e. The number of ether oxygens (including phenoxy) is 2. The van der Waals surface area contributed by atoms with Gasteiger partial charge in [0.05, 0.1) is 23.6 Å². The molecule has 6 rings (SSSR count). The summed E-state index contributed by atoms with van der Waals surface area (Å²) >= 11 is 4.53. The predicted octanol–water partition coefficient (Wildman–Crippen LogP) is 14.7. The van der Waals surface area contributed by atoms with Gasteiger partial charge in [-0.25, -0.2) is 0 Å². The molecule has 11 heteroatoms. The van der Waals surface area contributed by atoms with Crippen LogP contribution in [0.5, 0.6) is 11.5 Å². The summed E-state index contributed by atoms with van der Waals surface area (Å²) in [6.45, 7) is 7.57. The summed E-state index contributed by atoms with van der Waals surface area (Å²) in [6, 6.07) is 22.2. The number of nitrogens with zero attached hydrogens (tertiary/aromatic N) is 2. The number of hydrogen-bond donors (Lipinski definition) is 0. The molecule has 1 aliphatic rings. The predicted molar refractivity (Wildman–Crippen MR) is 213 cm³/mol. The lowest BCUT2D eigenvalue weighted by Crippen LogP contribution is -2.34. The molecule has 0 saturated carbocycles. The first-order valence-electron chi connectivity index (χ1n) is 18.6. The molecule has 3 atom stereocenters. The second-order valence-corrected chi connectivity index (χ2v) is 16.5. The van der Waals surface area contributed by atoms with Crippen molar-refractivity contribution >= 4 is 50.8 Å². The largest absolute Gasteiger partial charge is 0.432 e. The first-order chi connectivity index (χ1) is 25.6. The van der Waals surface area contributed by atoms with Crippen molar-refractivity contribution in [2.75, 3.05) is 0 Å². The number of alkyl halides is 4. The summed E-state index contributed by atoms with van der Waals surface area (Å²) in [5, 5.41) is 0.144. The summed E-state index contributed by atoms with van der Waals surface area (Å²) in [4.78, 5) is 3.15. The van der Waals surface area contributed by atoms with Crippen molar-refractivity contribution < 1.29 is 27.0 Å². The summed E-state index contributed by atoms with van der Waals surface area (Å²) in [6.07, 6.45) is 1.45. The van der Waals surface area contributed by atoms with Crippen LogP contribution in [0, 0.1) is 11.8 Å². The third-order valence-electron chi connectivity index (χ3n) is 9.99. The summed E-state index contributed by atoms with van der Waals surface area (Å²) in [7, 11) is 0. The van der Waals surface area contributed by atoms with Crippen molar-refractivity contribution in [1.82, 2.24) is 8.75 Å². The molecule has 0 radical (unpaired) electrons. The highest BCUT2D eigenvalue weighted by molar-refractivity contribution is 8.08. The van der Waals surface area contributed by atoms with Crippen molar-refractivity contribution in [2.45, 2.75) is 103 Å². The third-order valence-corrected chi connectivity index (χ3v) is 13.1. The van der Waals surface area contributed by atoms with Gasteiger partial charge >= 0.3 is 12.2 Å². The Hall–Kier alpha value is -3.41. The SMILES string of the molecule is CCCCC(CC)C(F)(F)Oc1ccc(-c2ccc(-c3ccc(C4=CCC(c5ccc(OC(F)(F)C(CC)CCCC)cc5)S4)c4nsnc34)s2)cc1. The van der Waals surface area contributed by atoms with Crippen LogP contribution in [0.15, 0.2) is 78.9 Å². The third kappa shape index (κ3) is 9.11. The maximum Gasteiger partial charge on any atom is 0.400 e. The van der Waals surface area contributed by atoms with Gasteiger partial charge in [-0.15, -0.1) is 23.1 Å². The Morgan fingerprint density at radius 2 is 1.21 bits per heavy atom. The van der Waals surface area contributed by atoms with Gasteiger partial charge < -0.3 is 9.47 Å². The molecule has 0 fully saturated rings. The lowest BCUT2D eigenvalue weighted by atomic mass is 9.98. The Bertz CT molecular complexity index is 1970. The Morgan fingerprint density at radius 3 is 1.77 bits per heavy atom. The van der Waals surface area contributed by atoms with E-state index in [0.29, 0.717) is 25.7 Å². The lowest BCUT2D eigenvalue weighted by molar-refractivity contribution is -0.218. The number of benzene rings is 3. The molecule has 3 unspecified atom stereocenters. The molecule has 5 aromatic rings. The number of thiophene rings is 1. The van der Waals surface area contributed by atoms with E-state index in [1.54, 1.807) is 61.2 Å². The standard InChI is InChI=1S/C42H46F4N2O2S3/c1-5-9-11-29(7-3)41(43,44)49-31-17-13-27(14-18-31)35-23-25-37(51-35)33-21-22-34(40-39(33)47-53-48-40)38-26-24-36(52-38)28-15-19-32(20-16-28)50-42(45,46)30(8-4)12-10-6-2/h13-23,25-26,29-30,36H,5-12,24H2,1-4H3. The molecular formula is C42H46F4N2O2S3. The topological polar surface area (TPSA) is 44.2 Å². The van der Waals surface area contributed by atoms with Crippen molar-refractivity contribution in [1.29, 1.82) is 0 Å². The molecule has 2 aromatic heterocycles. The zero-order valence-corrected chi connectivity index (χ0v) is 33.0. The van der Waals surface area contributed by atoms with Crippen molar-refractivity contribution in [2.24, 2.45) is 11.8 Å². The Labute approximate surface area is 322 Å². The molecule has 0 spiro atoms. The first kappa shape index (κ1) is 39.3. The van der Waals surface area contributed by atoms with Crippen LogP contribution in [0.4, 0.5) is 17.6 Å². The van der Waals surface area contributed by atoms with Gasteiger partial charge in [-0.05, 0) is 91.8 Å². The monoisotopic (exact) mass is 782 g/mol. The molecule has 4 nitrogen and oxygen atoms in total. The summed E-state index contributed by atoms with van der Waals surface area (Å²) < 4.78 is 79.4. The van der Waals surface area contributed by atoms with E-state index in [0.717, 1.165) is 80.1 Å². The van der Waals surface area contributed by atoms with E-state index < -0.39 is 24.1 Å². The van der Waals surface area contributed by atoms with Crippen LogP contribution in [-0.4, -0.2) is 21.0 Å². The molecule has 0 N–H and O–H groups in total. The van der Waals surface area contributed by atoms with Crippen molar-refractivity contribution in [3.63, 3.8) is 0 Å². The highest BCUT2D eigenvalue weighted by atomic mass is 32.2. The van der Waals surface area contributed by atoms with Crippen LogP contribution in [-0.2, 0) is 0 Å². The van der Waals surface area contributed by atoms with E-state index in [1.807, 2.05) is 44.2 Å². The van der Waals surface area contributed by atoms with Crippen LogP contribution in [0.3, 0.4) is 0 Å². The fraction of sp³-hybridized carbons (Fsp3) is 0.429. The smallest absolute Gasteiger partial charge is 0.400 e. The van der Waals surface area contributed by atoms with Gasteiger partial charge in [0.15, 0.2) is 0 Å². The number of halogens is 4. The summed E-state index contributed by atoms with van der Waals surface area (Å²) in [5.41, 5.74) is 5.65. The minimum absolute atomic E-state index is 0.144. The maximum atomic E-state index is 14.9. The molecule has 0 bridgehead atoms. The Balaban J connectivity index is 1.12. The van der Waals surface area contributed by atoms with Crippen LogP contribution >= 0.6 is 34.8 Å². The maximum absolute atomic E-state index is 14.9. The van der Waals surface area contributed by atoms with Gasteiger partial charge in [-0.1, -0.05) is 83.7 Å². The Morgan fingerprint density at radius 1 is 0.679 bits per heavy atom. The van der Waals surface area contributed by atoms with Gasteiger partial charge in [-0.2, -0.15) is 26.3 Å². The highest BCUT2D eigenvalue weighted by Crippen LogP contribution is 2.50. The van der Waals surface area contributed by atoms with E-state index in [-0.39, 0.29) is 16.7 Å². The Kier molecular flexibility index (Phi) is 12.9. The van der Waals surface area contributed by atoms with E-state index >= 15 is 0 Å². The number of fused-ring (bicyclic) bond motifs is 1. The fourth-order valence-corrected chi connectivity index (χ4v) is 9.67. The van der Waals surface area contributed by atoms with Crippen LogP contribution in [0.25, 0.3) is 36.8 Å². The average molecular weight is 783 g/mol. The van der Waals surface area contributed by atoms with Gasteiger partial charge in [0.2, 0.25) is 0 Å². The minimum atomic E-state index is -3.22. The number of thioether (sulfide) groups is 1. The molecule has 0 saturated heterocycles. The second kappa shape index (κ2) is 17.4. The number of unbranched alkanes of at least 4 members (excludes halogenated alkanes) is 2. The normalized spacial score (nSPS) is 16.2. The lowest BCUT2D eigenvalue weighted by Gasteiger charge is -2.26. The number of aromatic nitrogens is 2. The molecule has 0 amide bonds. The molecule has 282 valence electrons. The molecule has 3 aromatic carbocycles. The second-order valence-electron chi connectivity index (χ2n) is 13.6. The molecule has 53 heavy (non-hydrogen) atoms. The number of allylic oxidation sites excluding steroid dienone is 1. The van der Waals surface area contributed by atoms with E-state index in [9.17, 15) is 17.6 Å². The number of rotatable bonds is 18.